The predicted molar refractivity (Wildman–Crippen MR) is 81.6 cm³/mol. The van der Waals surface area contributed by atoms with Crippen LogP contribution in [-0.4, -0.2) is 52.5 Å². The van der Waals surface area contributed by atoms with E-state index < -0.39 is 5.54 Å². The summed E-state index contributed by atoms with van der Waals surface area (Å²) in [5.74, 6) is 1.62. The number of aryl methyl sites for hydroxylation is 2. The van der Waals surface area contributed by atoms with Gasteiger partial charge in [0.15, 0.2) is 0 Å². The van der Waals surface area contributed by atoms with Crippen LogP contribution in [0.15, 0.2) is 6.07 Å². The Kier molecular flexibility index (Phi) is 3.50. The maximum atomic E-state index is 12.3. The van der Waals surface area contributed by atoms with E-state index in [1.54, 1.807) is 0 Å². The lowest BCUT2D eigenvalue weighted by atomic mass is 9.87. The highest BCUT2D eigenvalue weighted by atomic mass is 16.2. The zero-order valence-corrected chi connectivity index (χ0v) is 13.2. The summed E-state index contributed by atoms with van der Waals surface area (Å²) in [6.45, 7) is 5.39. The molecule has 2 aliphatic heterocycles. The number of anilines is 1. The van der Waals surface area contributed by atoms with Crippen molar-refractivity contribution in [3.05, 3.63) is 17.6 Å². The normalized spacial score (nSPS) is 20.7. The molecule has 2 saturated heterocycles. The third-order valence-electron chi connectivity index (χ3n) is 4.51. The minimum absolute atomic E-state index is 0.120. The average molecular weight is 303 g/mol. The number of hydrogen-bond acceptors (Lipinski definition) is 5. The quantitative estimate of drug-likeness (QED) is 0.820. The molecule has 2 aliphatic rings. The van der Waals surface area contributed by atoms with Gasteiger partial charge in [-0.2, -0.15) is 0 Å². The number of nitrogens with one attached hydrogen (secondary N) is 1. The third-order valence-corrected chi connectivity index (χ3v) is 4.51. The fourth-order valence-electron chi connectivity index (χ4n) is 3.14. The predicted octanol–water partition coefficient (Wildman–Crippen LogP) is 0.868. The number of piperidine rings is 1. The van der Waals surface area contributed by atoms with Crippen LogP contribution >= 0.6 is 0 Å². The average Bonchev–Trinajstić information content (AvgIpc) is 2.72. The van der Waals surface area contributed by atoms with E-state index in [4.69, 9.17) is 0 Å². The number of imide groups is 1. The maximum Gasteiger partial charge on any atom is 0.324 e. The van der Waals surface area contributed by atoms with Gasteiger partial charge in [-0.25, -0.2) is 14.8 Å². The van der Waals surface area contributed by atoms with Gasteiger partial charge >= 0.3 is 6.03 Å². The van der Waals surface area contributed by atoms with Crippen LogP contribution in [-0.2, 0) is 11.2 Å². The van der Waals surface area contributed by atoms with Gasteiger partial charge in [0, 0.05) is 38.3 Å². The molecule has 7 nitrogen and oxygen atoms in total. The van der Waals surface area contributed by atoms with E-state index in [0.29, 0.717) is 25.9 Å². The number of hydrogen-bond donors (Lipinski definition) is 1. The van der Waals surface area contributed by atoms with E-state index in [1.807, 2.05) is 19.9 Å². The first kappa shape index (κ1) is 14.7. The largest absolute Gasteiger partial charge is 0.356 e. The summed E-state index contributed by atoms with van der Waals surface area (Å²) in [5, 5.41) is 2.85. The molecule has 1 N–H and O–H groups in total. The molecule has 3 heterocycles. The second-order valence-corrected chi connectivity index (χ2v) is 6.00. The van der Waals surface area contributed by atoms with Gasteiger partial charge in [0.2, 0.25) is 0 Å². The standard InChI is InChI=1S/C15H21N5O2/c1-4-11-16-10(2)9-12(17-11)20-7-5-15(6-8-20)13(21)19(3)14(22)18-15/h9H,4-8H2,1-3H3,(H,18,22). The Morgan fingerprint density at radius 1 is 1.27 bits per heavy atom. The lowest BCUT2D eigenvalue weighted by Gasteiger charge is -2.37. The molecule has 0 atom stereocenters. The van der Waals surface area contributed by atoms with Crippen molar-refractivity contribution in [3.8, 4) is 0 Å². The van der Waals surface area contributed by atoms with Crippen molar-refractivity contribution in [2.24, 2.45) is 0 Å². The number of nitrogens with zero attached hydrogens (tertiary/aromatic N) is 4. The molecule has 1 aromatic rings. The minimum atomic E-state index is -0.724. The molecule has 3 amide bonds. The van der Waals surface area contributed by atoms with Crippen molar-refractivity contribution < 1.29 is 9.59 Å². The van der Waals surface area contributed by atoms with Crippen molar-refractivity contribution in [1.82, 2.24) is 20.2 Å². The monoisotopic (exact) mass is 303 g/mol. The molecule has 7 heteroatoms. The Morgan fingerprint density at radius 2 is 1.95 bits per heavy atom. The van der Waals surface area contributed by atoms with Gasteiger partial charge in [-0.1, -0.05) is 6.92 Å². The molecule has 118 valence electrons. The molecular weight excluding hydrogens is 282 g/mol. The van der Waals surface area contributed by atoms with Gasteiger partial charge in [0.05, 0.1) is 0 Å². The molecule has 22 heavy (non-hydrogen) atoms. The molecule has 0 bridgehead atoms. The maximum absolute atomic E-state index is 12.3. The van der Waals surface area contributed by atoms with Crippen LogP contribution in [0.2, 0.25) is 0 Å². The van der Waals surface area contributed by atoms with Crippen molar-refractivity contribution in [3.63, 3.8) is 0 Å². The highest BCUT2D eigenvalue weighted by Gasteiger charge is 2.51. The number of urea groups is 1. The fourth-order valence-corrected chi connectivity index (χ4v) is 3.14. The first-order valence-corrected chi connectivity index (χ1v) is 7.65. The summed E-state index contributed by atoms with van der Waals surface area (Å²) in [6, 6.07) is 1.67. The summed E-state index contributed by atoms with van der Waals surface area (Å²) in [4.78, 5) is 36.3. The number of aromatic nitrogens is 2. The van der Waals surface area contributed by atoms with Crippen LogP contribution < -0.4 is 10.2 Å². The van der Waals surface area contributed by atoms with Gasteiger partial charge in [-0.3, -0.25) is 9.69 Å². The SMILES string of the molecule is CCc1nc(C)cc(N2CCC3(CC2)NC(=O)N(C)C3=O)n1. The molecule has 1 spiro atoms. The van der Waals surface area contributed by atoms with Crippen molar-refractivity contribution >= 4 is 17.8 Å². The number of amides is 3. The van der Waals surface area contributed by atoms with E-state index in [0.717, 1.165) is 23.8 Å². The van der Waals surface area contributed by atoms with E-state index in [-0.39, 0.29) is 11.9 Å². The van der Waals surface area contributed by atoms with E-state index in [9.17, 15) is 9.59 Å². The summed E-state index contributed by atoms with van der Waals surface area (Å²) in [5.41, 5.74) is 0.227. The third kappa shape index (κ3) is 2.30. The van der Waals surface area contributed by atoms with Crippen molar-refractivity contribution in [2.75, 3.05) is 25.0 Å². The molecule has 0 radical (unpaired) electrons. The van der Waals surface area contributed by atoms with Gasteiger partial charge in [-0.05, 0) is 19.8 Å². The van der Waals surface area contributed by atoms with Crippen molar-refractivity contribution in [1.29, 1.82) is 0 Å². The van der Waals surface area contributed by atoms with E-state index >= 15 is 0 Å². The van der Waals surface area contributed by atoms with Crippen LogP contribution in [0.1, 0.15) is 31.3 Å². The molecule has 0 saturated carbocycles. The Labute approximate surface area is 129 Å². The number of likely N-dealkylation sites (N-methyl/N-ethyl adjacent to an activating group) is 1. The molecular formula is C15H21N5O2. The highest BCUT2D eigenvalue weighted by molar-refractivity contribution is 6.06. The second kappa shape index (κ2) is 5.23. The summed E-state index contributed by atoms with van der Waals surface area (Å²) in [6.07, 6.45) is 2.00. The van der Waals surface area contributed by atoms with Gasteiger partial charge in [-0.15, -0.1) is 0 Å². The Hall–Kier alpha value is -2.18. The second-order valence-electron chi connectivity index (χ2n) is 6.00. The first-order valence-electron chi connectivity index (χ1n) is 7.65. The first-order chi connectivity index (χ1) is 10.4. The zero-order chi connectivity index (χ0) is 15.9. The van der Waals surface area contributed by atoms with Gasteiger partial charge < -0.3 is 10.2 Å². The minimum Gasteiger partial charge on any atom is -0.356 e. The highest BCUT2D eigenvalue weighted by Crippen LogP contribution is 2.30. The topological polar surface area (TPSA) is 78.4 Å². The Morgan fingerprint density at radius 3 is 2.50 bits per heavy atom. The molecule has 0 unspecified atom stereocenters. The van der Waals surface area contributed by atoms with Crippen LogP contribution in [0.3, 0.4) is 0 Å². The summed E-state index contributed by atoms with van der Waals surface area (Å²) in [7, 11) is 1.53. The molecule has 0 aliphatic carbocycles. The Bertz CT molecular complexity index is 622. The van der Waals surface area contributed by atoms with Gasteiger partial charge in [0.1, 0.15) is 17.2 Å². The molecule has 3 rings (SSSR count). The van der Waals surface area contributed by atoms with Gasteiger partial charge in [0.25, 0.3) is 5.91 Å². The molecule has 1 aromatic heterocycles. The van der Waals surface area contributed by atoms with Crippen LogP contribution in [0, 0.1) is 6.92 Å². The lowest BCUT2D eigenvalue weighted by molar-refractivity contribution is -0.131. The van der Waals surface area contributed by atoms with E-state index in [1.165, 1.54) is 11.9 Å². The van der Waals surface area contributed by atoms with Crippen LogP contribution in [0.5, 0.6) is 0 Å². The summed E-state index contributed by atoms with van der Waals surface area (Å²) < 4.78 is 0. The number of rotatable bonds is 2. The fraction of sp³-hybridized carbons (Fsp3) is 0.600. The summed E-state index contributed by atoms with van der Waals surface area (Å²) >= 11 is 0. The number of carbonyl (C=O) groups excluding carboxylic acids is 2. The Balaban J connectivity index is 1.76. The smallest absolute Gasteiger partial charge is 0.324 e. The van der Waals surface area contributed by atoms with Crippen LogP contribution in [0.25, 0.3) is 0 Å². The molecule has 2 fully saturated rings. The van der Waals surface area contributed by atoms with Crippen LogP contribution in [0.4, 0.5) is 10.6 Å². The zero-order valence-electron chi connectivity index (χ0n) is 13.2. The van der Waals surface area contributed by atoms with Crippen molar-refractivity contribution in [2.45, 2.75) is 38.6 Å². The lowest BCUT2D eigenvalue weighted by Crippen LogP contribution is -2.55. The number of carbonyl (C=O) groups is 2. The molecule has 0 aromatic carbocycles. The van der Waals surface area contributed by atoms with E-state index in [2.05, 4.69) is 20.2 Å².